The summed E-state index contributed by atoms with van der Waals surface area (Å²) in [6, 6.07) is 11.8. The van der Waals surface area contributed by atoms with Crippen LogP contribution in [0.15, 0.2) is 42.5 Å². The molecule has 0 aliphatic rings. The van der Waals surface area contributed by atoms with E-state index in [0.717, 1.165) is 6.07 Å². The molecule has 0 aliphatic carbocycles. The van der Waals surface area contributed by atoms with Crippen molar-refractivity contribution in [3.63, 3.8) is 0 Å². The van der Waals surface area contributed by atoms with Crippen LogP contribution in [-0.4, -0.2) is 0 Å². The molecule has 6 heteroatoms. The average Bonchev–Trinajstić information content (AvgIpc) is 2.47. The second-order valence-electron chi connectivity index (χ2n) is 4.17. The third-order valence-corrected chi connectivity index (χ3v) is 3.38. The number of nitriles is 1. The van der Waals surface area contributed by atoms with Gasteiger partial charge in [0.25, 0.3) is 0 Å². The molecule has 2 aromatic carbocycles. The highest BCUT2D eigenvalue weighted by molar-refractivity contribution is 9.08. The van der Waals surface area contributed by atoms with Gasteiger partial charge in [-0.2, -0.15) is 18.4 Å². The lowest BCUT2D eigenvalue weighted by molar-refractivity contribution is -0.138. The number of nitrogens with zero attached hydrogens (tertiary/aromatic N) is 1. The molecule has 0 fully saturated rings. The van der Waals surface area contributed by atoms with Crippen molar-refractivity contribution in [2.75, 3.05) is 0 Å². The van der Waals surface area contributed by atoms with Gasteiger partial charge in [0.1, 0.15) is 17.6 Å². The largest absolute Gasteiger partial charge is 0.455 e. The number of hydrogen-bond acceptors (Lipinski definition) is 2. The van der Waals surface area contributed by atoms with Gasteiger partial charge in [0.15, 0.2) is 0 Å². The SMILES string of the molecule is N#Cc1ccccc1Oc1ccc(CBr)cc1C(F)(F)F. The van der Waals surface area contributed by atoms with Crippen LogP contribution in [0.4, 0.5) is 13.2 Å². The highest BCUT2D eigenvalue weighted by Gasteiger charge is 2.35. The zero-order valence-corrected chi connectivity index (χ0v) is 12.2. The summed E-state index contributed by atoms with van der Waals surface area (Å²) in [6.07, 6.45) is -4.53. The van der Waals surface area contributed by atoms with Gasteiger partial charge in [-0.3, -0.25) is 0 Å². The summed E-state index contributed by atoms with van der Waals surface area (Å²) in [7, 11) is 0. The summed E-state index contributed by atoms with van der Waals surface area (Å²) in [5.74, 6) is -0.230. The first-order valence-corrected chi connectivity index (χ1v) is 7.01. The van der Waals surface area contributed by atoms with Gasteiger partial charge >= 0.3 is 6.18 Å². The Morgan fingerprint density at radius 1 is 1.10 bits per heavy atom. The van der Waals surface area contributed by atoms with E-state index in [-0.39, 0.29) is 17.1 Å². The molecule has 2 nitrogen and oxygen atoms in total. The third-order valence-electron chi connectivity index (χ3n) is 2.73. The van der Waals surface area contributed by atoms with Crippen molar-refractivity contribution in [2.45, 2.75) is 11.5 Å². The van der Waals surface area contributed by atoms with E-state index in [1.54, 1.807) is 12.1 Å². The van der Waals surface area contributed by atoms with Crippen LogP contribution in [0.1, 0.15) is 16.7 Å². The highest BCUT2D eigenvalue weighted by Crippen LogP contribution is 2.39. The fourth-order valence-corrected chi connectivity index (χ4v) is 2.09. The Balaban J connectivity index is 2.47. The number of alkyl halides is 4. The quantitative estimate of drug-likeness (QED) is 0.703. The van der Waals surface area contributed by atoms with Crippen LogP contribution in [0.2, 0.25) is 0 Å². The molecule has 0 N–H and O–H groups in total. The molecule has 0 heterocycles. The molecule has 2 rings (SSSR count). The predicted molar refractivity (Wildman–Crippen MR) is 75.3 cm³/mol. The number of halogens is 4. The summed E-state index contributed by atoms with van der Waals surface area (Å²) in [6.45, 7) is 0. The lowest BCUT2D eigenvalue weighted by Crippen LogP contribution is -2.08. The van der Waals surface area contributed by atoms with Crippen LogP contribution >= 0.6 is 15.9 Å². The minimum atomic E-state index is -4.53. The molecule has 0 aromatic heterocycles. The van der Waals surface area contributed by atoms with Crippen molar-refractivity contribution >= 4 is 15.9 Å². The molecule has 0 unspecified atom stereocenters. The lowest BCUT2D eigenvalue weighted by Gasteiger charge is -2.15. The fraction of sp³-hybridized carbons (Fsp3) is 0.133. The highest BCUT2D eigenvalue weighted by atomic mass is 79.9. The van der Waals surface area contributed by atoms with Gasteiger partial charge in [-0.25, -0.2) is 0 Å². The molecule has 108 valence electrons. The molecular formula is C15H9BrF3NO. The minimum absolute atomic E-state index is 0.0945. The Hall–Kier alpha value is -2.00. The molecule has 0 atom stereocenters. The summed E-state index contributed by atoms with van der Waals surface area (Å²) in [4.78, 5) is 0. The Morgan fingerprint density at radius 2 is 1.81 bits per heavy atom. The third kappa shape index (κ3) is 3.56. The molecule has 0 radical (unpaired) electrons. The van der Waals surface area contributed by atoms with Crippen LogP contribution in [0.3, 0.4) is 0 Å². The number of ether oxygens (including phenoxy) is 1. The first kappa shape index (κ1) is 15.4. The van der Waals surface area contributed by atoms with Gasteiger partial charge in [-0.1, -0.05) is 34.1 Å². The fourth-order valence-electron chi connectivity index (χ4n) is 1.74. The molecule has 0 aliphatic heterocycles. The van der Waals surface area contributed by atoms with Crippen LogP contribution in [0, 0.1) is 11.3 Å². The van der Waals surface area contributed by atoms with Crippen LogP contribution in [0.25, 0.3) is 0 Å². The van der Waals surface area contributed by atoms with E-state index >= 15 is 0 Å². The average molecular weight is 356 g/mol. The molecule has 0 saturated carbocycles. The standard InChI is InChI=1S/C15H9BrF3NO/c16-8-10-5-6-14(12(7-10)15(17,18)19)21-13-4-2-1-3-11(13)9-20/h1-7H,8H2. The summed E-state index contributed by atoms with van der Waals surface area (Å²) in [5.41, 5.74) is -0.203. The van der Waals surface area contributed by atoms with Gasteiger partial charge in [0.05, 0.1) is 11.1 Å². The normalized spacial score (nSPS) is 11.0. The van der Waals surface area contributed by atoms with Crippen LogP contribution < -0.4 is 4.74 Å². The first-order valence-electron chi connectivity index (χ1n) is 5.89. The number of benzene rings is 2. The van der Waals surface area contributed by atoms with Crippen molar-refractivity contribution in [2.24, 2.45) is 0 Å². The second kappa shape index (κ2) is 6.19. The molecule has 0 amide bonds. The maximum Gasteiger partial charge on any atom is 0.419 e. The van der Waals surface area contributed by atoms with E-state index in [4.69, 9.17) is 10.00 Å². The number of rotatable bonds is 3. The van der Waals surface area contributed by atoms with Crippen LogP contribution in [-0.2, 0) is 11.5 Å². The number of para-hydroxylation sites is 1. The monoisotopic (exact) mass is 355 g/mol. The van der Waals surface area contributed by atoms with Crippen molar-refractivity contribution in [3.05, 3.63) is 59.2 Å². The molecule has 21 heavy (non-hydrogen) atoms. The van der Waals surface area contributed by atoms with Gasteiger partial charge in [-0.15, -0.1) is 0 Å². The second-order valence-corrected chi connectivity index (χ2v) is 4.73. The van der Waals surface area contributed by atoms with Gasteiger partial charge in [-0.05, 0) is 29.8 Å². The Morgan fingerprint density at radius 3 is 2.43 bits per heavy atom. The predicted octanol–water partition coefficient (Wildman–Crippen LogP) is 5.26. The van der Waals surface area contributed by atoms with Gasteiger partial charge in [0.2, 0.25) is 0 Å². The first-order chi connectivity index (χ1) is 9.95. The van der Waals surface area contributed by atoms with E-state index in [1.807, 2.05) is 6.07 Å². The Labute approximate surface area is 127 Å². The van der Waals surface area contributed by atoms with Crippen LogP contribution in [0.5, 0.6) is 11.5 Å². The topological polar surface area (TPSA) is 33.0 Å². The maximum atomic E-state index is 13.1. The Kier molecular flexibility index (Phi) is 4.53. The van der Waals surface area contributed by atoms with E-state index in [9.17, 15) is 13.2 Å². The van der Waals surface area contributed by atoms with Crippen molar-refractivity contribution in [1.29, 1.82) is 5.26 Å². The van der Waals surface area contributed by atoms with Crippen molar-refractivity contribution in [3.8, 4) is 17.6 Å². The van der Waals surface area contributed by atoms with E-state index in [2.05, 4.69) is 15.9 Å². The van der Waals surface area contributed by atoms with Crippen molar-refractivity contribution < 1.29 is 17.9 Å². The summed E-state index contributed by atoms with van der Waals surface area (Å²) in [5, 5.41) is 9.26. The molecular weight excluding hydrogens is 347 g/mol. The molecule has 0 spiro atoms. The lowest BCUT2D eigenvalue weighted by atomic mass is 10.1. The molecule has 2 aromatic rings. The summed E-state index contributed by atoms with van der Waals surface area (Å²) >= 11 is 3.12. The minimum Gasteiger partial charge on any atom is -0.455 e. The van der Waals surface area contributed by atoms with Gasteiger partial charge < -0.3 is 4.74 Å². The summed E-state index contributed by atoms with van der Waals surface area (Å²) < 4.78 is 44.6. The zero-order chi connectivity index (χ0) is 15.5. The van der Waals surface area contributed by atoms with E-state index in [1.165, 1.54) is 24.3 Å². The smallest absolute Gasteiger partial charge is 0.419 e. The maximum absolute atomic E-state index is 13.1. The van der Waals surface area contributed by atoms with E-state index < -0.39 is 11.7 Å². The van der Waals surface area contributed by atoms with Gasteiger partial charge in [0, 0.05) is 5.33 Å². The number of hydrogen-bond donors (Lipinski definition) is 0. The van der Waals surface area contributed by atoms with Crippen molar-refractivity contribution in [1.82, 2.24) is 0 Å². The molecule has 0 bridgehead atoms. The molecule has 0 saturated heterocycles. The Bertz CT molecular complexity index is 692. The zero-order valence-electron chi connectivity index (χ0n) is 10.6. The van der Waals surface area contributed by atoms with E-state index in [0.29, 0.717) is 10.9 Å².